The molecule has 0 aliphatic carbocycles. The normalized spacial score (nSPS) is 11.0. The average molecular weight is 410 g/mol. The van der Waals surface area contributed by atoms with Gasteiger partial charge in [-0.2, -0.15) is 0 Å². The predicted octanol–water partition coefficient (Wildman–Crippen LogP) is 3.89. The lowest BCUT2D eigenvalue weighted by molar-refractivity contribution is -0.255. The Bertz CT molecular complexity index is 963. The molecule has 0 bridgehead atoms. The minimum Gasteiger partial charge on any atom is -0.545 e. The van der Waals surface area contributed by atoms with Crippen LogP contribution in [0.4, 0.5) is 0 Å². The number of hydrogen-bond acceptors (Lipinski definition) is 3. The fraction of sp³-hybridized carbons (Fsp3) is 0.292. The summed E-state index contributed by atoms with van der Waals surface area (Å²) in [6.07, 6.45) is 1.99. The molecule has 0 fully saturated rings. The van der Waals surface area contributed by atoms with Crippen molar-refractivity contribution in [3.05, 3.63) is 93.3 Å². The minimum absolute atomic E-state index is 0.298. The van der Waals surface area contributed by atoms with Gasteiger partial charge in [-0.3, -0.25) is 0 Å². The average Bonchev–Trinajstić information content (AvgIpc) is 2.94. The number of carbonyl (C=O) groups excluding carboxylic acids is 1. The van der Waals surface area contributed by atoms with Gasteiger partial charge in [0.15, 0.2) is 0 Å². The van der Waals surface area contributed by atoms with Crippen molar-refractivity contribution in [2.24, 2.45) is 0 Å². The van der Waals surface area contributed by atoms with Gasteiger partial charge in [0.2, 0.25) is 0 Å². The van der Waals surface area contributed by atoms with E-state index in [1.54, 1.807) is 0 Å². The first kappa shape index (κ1) is 21.2. The number of benzene rings is 2. The van der Waals surface area contributed by atoms with Gasteiger partial charge in [0.25, 0.3) is 0 Å². The van der Waals surface area contributed by atoms with E-state index >= 15 is 0 Å². The lowest BCUT2D eigenvalue weighted by atomic mass is 10.1. The molecule has 0 saturated heterocycles. The number of aromatic nitrogens is 1. The third kappa shape index (κ3) is 5.28. The van der Waals surface area contributed by atoms with Crippen LogP contribution < -0.4 is 10.4 Å². The van der Waals surface area contributed by atoms with E-state index in [0.29, 0.717) is 23.7 Å². The standard InChI is InChI=1S/C24H27ClN2O2/c1-17-22(15-26-14-6-9-19-7-4-3-5-8-19)23(24(28)29)18(2)27(17)16-20-10-12-21(25)13-11-20/h3-5,7-8,10-13,26H,6,9,14-16H2,1-2H3,(H,28,29)/p-1. The van der Waals surface area contributed by atoms with Crippen LogP contribution in [0.2, 0.25) is 5.02 Å². The Labute approximate surface area is 177 Å². The van der Waals surface area contributed by atoms with Crippen molar-refractivity contribution >= 4 is 17.6 Å². The largest absolute Gasteiger partial charge is 0.545 e. The summed E-state index contributed by atoms with van der Waals surface area (Å²) < 4.78 is 2.04. The second kappa shape index (κ2) is 9.77. The van der Waals surface area contributed by atoms with Crippen LogP contribution in [0.25, 0.3) is 0 Å². The van der Waals surface area contributed by atoms with Crippen molar-refractivity contribution < 1.29 is 9.90 Å². The fourth-order valence-corrected chi connectivity index (χ4v) is 3.85. The van der Waals surface area contributed by atoms with Gasteiger partial charge in [-0.25, -0.2) is 0 Å². The summed E-state index contributed by atoms with van der Waals surface area (Å²) in [5, 5.41) is 15.9. The summed E-state index contributed by atoms with van der Waals surface area (Å²) in [7, 11) is 0. The highest BCUT2D eigenvalue weighted by Crippen LogP contribution is 2.24. The van der Waals surface area contributed by atoms with E-state index in [-0.39, 0.29) is 0 Å². The summed E-state index contributed by atoms with van der Waals surface area (Å²) in [6.45, 7) is 5.74. The molecule has 0 amide bonds. The number of nitrogens with zero attached hydrogens (tertiary/aromatic N) is 1. The maximum absolute atomic E-state index is 11.8. The maximum Gasteiger partial charge on any atom is 0.0736 e. The predicted molar refractivity (Wildman–Crippen MR) is 115 cm³/mol. The molecule has 152 valence electrons. The zero-order valence-corrected chi connectivity index (χ0v) is 17.6. The zero-order chi connectivity index (χ0) is 20.8. The van der Waals surface area contributed by atoms with Crippen LogP contribution in [0.5, 0.6) is 0 Å². The van der Waals surface area contributed by atoms with Gasteiger partial charge in [0.1, 0.15) is 0 Å². The highest BCUT2D eigenvalue weighted by Gasteiger charge is 2.18. The van der Waals surface area contributed by atoms with E-state index in [2.05, 4.69) is 17.4 Å². The van der Waals surface area contributed by atoms with Gasteiger partial charge in [-0.1, -0.05) is 54.1 Å². The van der Waals surface area contributed by atoms with Crippen molar-refractivity contribution in [2.45, 2.75) is 39.8 Å². The van der Waals surface area contributed by atoms with Gasteiger partial charge in [-0.05, 0) is 62.1 Å². The zero-order valence-electron chi connectivity index (χ0n) is 16.9. The van der Waals surface area contributed by atoms with E-state index in [4.69, 9.17) is 11.6 Å². The smallest absolute Gasteiger partial charge is 0.0736 e. The Morgan fingerprint density at radius 1 is 1.00 bits per heavy atom. The molecule has 4 nitrogen and oxygen atoms in total. The number of aromatic carboxylic acids is 1. The van der Waals surface area contributed by atoms with Crippen LogP contribution in [0.15, 0.2) is 54.6 Å². The third-order valence-corrected chi connectivity index (χ3v) is 5.58. The molecule has 1 aromatic heterocycles. The first-order chi connectivity index (χ1) is 14.0. The SMILES string of the molecule is Cc1c(CNCCCc2ccccc2)c(C(=O)[O-])c(C)n1Cc1ccc(Cl)cc1. The molecule has 2 aromatic carbocycles. The van der Waals surface area contributed by atoms with E-state index in [0.717, 1.165) is 41.9 Å². The molecule has 5 heteroatoms. The third-order valence-electron chi connectivity index (χ3n) is 5.33. The van der Waals surface area contributed by atoms with Crippen molar-refractivity contribution in [1.82, 2.24) is 9.88 Å². The molecule has 0 aliphatic rings. The molecular formula is C24H26ClN2O2-. The monoisotopic (exact) mass is 409 g/mol. The molecule has 0 saturated carbocycles. The molecular weight excluding hydrogens is 384 g/mol. The van der Waals surface area contributed by atoms with Gasteiger partial charge in [-0.15, -0.1) is 0 Å². The Morgan fingerprint density at radius 2 is 1.69 bits per heavy atom. The number of carboxylic acids is 1. The van der Waals surface area contributed by atoms with Crippen LogP contribution in [-0.2, 0) is 19.5 Å². The van der Waals surface area contributed by atoms with E-state index in [1.807, 2.05) is 60.9 Å². The molecule has 29 heavy (non-hydrogen) atoms. The van der Waals surface area contributed by atoms with E-state index < -0.39 is 5.97 Å². The lowest BCUT2D eigenvalue weighted by Crippen LogP contribution is -2.26. The Hall–Kier alpha value is -2.56. The number of aryl methyl sites for hydroxylation is 1. The van der Waals surface area contributed by atoms with Crippen LogP contribution in [-0.4, -0.2) is 17.1 Å². The van der Waals surface area contributed by atoms with Crippen molar-refractivity contribution in [2.75, 3.05) is 6.54 Å². The topological polar surface area (TPSA) is 57.1 Å². The highest BCUT2D eigenvalue weighted by molar-refractivity contribution is 6.30. The molecule has 0 radical (unpaired) electrons. The Morgan fingerprint density at radius 3 is 2.34 bits per heavy atom. The minimum atomic E-state index is -1.12. The summed E-state index contributed by atoms with van der Waals surface area (Å²) in [4.78, 5) is 11.8. The highest BCUT2D eigenvalue weighted by atomic mass is 35.5. The number of hydrogen-bond donors (Lipinski definition) is 1. The summed E-state index contributed by atoms with van der Waals surface area (Å²) in [5.74, 6) is -1.12. The second-order valence-electron chi connectivity index (χ2n) is 7.29. The van der Waals surface area contributed by atoms with Gasteiger partial charge in [0, 0.05) is 35.1 Å². The number of rotatable bonds is 9. The Kier molecular flexibility index (Phi) is 7.13. The quantitative estimate of drug-likeness (QED) is 0.545. The molecule has 0 spiro atoms. The van der Waals surface area contributed by atoms with E-state index in [9.17, 15) is 9.90 Å². The number of halogens is 1. The van der Waals surface area contributed by atoms with Crippen molar-refractivity contribution in [3.63, 3.8) is 0 Å². The van der Waals surface area contributed by atoms with Crippen LogP contribution in [0, 0.1) is 13.8 Å². The fourth-order valence-electron chi connectivity index (χ4n) is 3.72. The Balaban J connectivity index is 1.68. The molecule has 3 aromatic rings. The maximum atomic E-state index is 11.8. The van der Waals surface area contributed by atoms with Crippen LogP contribution in [0.3, 0.4) is 0 Å². The first-order valence-corrected chi connectivity index (χ1v) is 10.2. The molecule has 1 N–H and O–H groups in total. The van der Waals surface area contributed by atoms with Crippen LogP contribution >= 0.6 is 11.6 Å². The molecule has 0 unspecified atom stereocenters. The molecule has 0 atom stereocenters. The van der Waals surface area contributed by atoms with E-state index in [1.165, 1.54) is 5.56 Å². The number of carboxylic acid groups (broad SMARTS) is 1. The van der Waals surface area contributed by atoms with Crippen molar-refractivity contribution in [1.29, 1.82) is 0 Å². The number of carbonyl (C=O) groups is 1. The summed E-state index contributed by atoms with van der Waals surface area (Å²) >= 11 is 5.97. The molecule has 3 rings (SSSR count). The molecule has 0 aliphatic heterocycles. The lowest BCUT2D eigenvalue weighted by Gasteiger charge is -2.11. The van der Waals surface area contributed by atoms with Gasteiger partial charge >= 0.3 is 0 Å². The van der Waals surface area contributed by atoms with Crippen LogP contribution in [0.1, 0.15) is 44.9 Å². The summed E-state index contributed by atoms with van der Waals surface area (Å²) in [6, 6.07) is 18.0. The second-order valence-corrected chi connectivity index (χ2v) is 7.73. The van der Waals surface area contributed by atoms with Gasteiger partial charge < -0.3 is 19.8 Å². The number of nitrogens with one attached hydrogen (secondary N) is 1. The molecule has 1 heterocycles. The van der Waals surface area contributed by atoms with Gasteiger partial charge in [0.05, 0.1) is 5.97 Å². The summed E-state index contributed by atoms with van der Waals surface area (Å²) in [5.41, 5.74) is 5.16. The first-order valence-electron chi connectivity index (χ1n) is 9.86. The van der Waals surface area contributed by atoms with Crippen molar-refractivity contribution in [3.8, 4) is 0 Å².